The highest BCUT2D eigenvalue weighted by atomic mass is 32.1. The Balaban J connectivity index is 0.000000625. The maximum Gasteiger partial charge on any atom is 0.327 e. The first-order valence-electron chi connectivity index (χ1n) is 36.0. The van der Waals surface area contributed by atoms with Crippen LogP contribution in [0.1, 0.15) is 81.3 Å². The Kier molecular flexibility index (Phi) is 43.1. The van der Waals surface area contributed by atoms with Crippen molar-refractivity contribution >= 4 is 112 Å². The molecule has 2 aromatic heterocycles. The first-order valence-corrected chi connectivity index (χ1v) is 36.7. The number of H-pyrrole nitrogens is 1. The second-order valence-corrected chi connectivity index (χ2v) is 27.4. The van der Waals surface area contributed by atoms with Crippen LogP contribution in [0.5, 0.6) is 0 Å². The third-order valence-corrected chi connectivity index (χ3v) is 18.9. The van der Waals surface area contributed by atoms with E-state index in [1.54, 1.807) is 4.90 Å². The van der Waals surface area contributed by atoms with Gasteiger partial charge >= 0.3 is 23.9 Å². The summed E-state index contributed by atoms with van der Waals surface area (Å²) in [5.41, 5.74) is 5.76. The molecular weight excluding hydrogens is 1570 g/mol. The van der Waals surface area contributed by atoms with Crippen molar-refractivity contribution in [1.82, 2.24) is 56.3 Å². The van der Waals surface area contributed by atoms with E-state index in [0.717, 1.165) is 6.54 Å². The van der Waals surface area contributed by atoms with Crippen molar-refractivity contribution in [3.63, 3.8) is 0 Å². The third-order valence-electron chi connectivity index (χ3n) is 18.5. The number of amides is 5. The number of hydrogen-bond donors (Lipinski definition) is 29. The van der Waals surface area contributed by atoms with Crippen molar-refractivity contribution in [1.29, 1.82) is 0 Å². The lowest BCUT2D eigenvalue weighted by Gasteiger charge is -2.34. The number of aliphatic carboxylic acids is 4. The zero-order valence-corrected chi connectivity index (χ0v) is 63.6. The number of nitrogens with zero attached hydrogens (tertiary/aromatic N) is 5. The van der Waals surface area contributed by atoms with E-state index < -0.39 is 287 Å². The van der Waals surface area contributed by atoms with Crippen LogP contribution >= 0.6 is 12.6 Å². The Bertz CT molecular complexity index is 3840. The number of hydrogen-bond acceptors (Lipinski definition) is 38. The lowest BCUT2D eigenvalue weighted by atomic mass is 9.86. The van der Waals surface area contributed by atoms with Crippen LogP contribution in [0.2, 0.25) is 0 Å². The molecule has 1 unspecified atom stereocenters. The smallest absolute Gasteiger partial charge is 0.327 e. The topological polar surface area (TPSA) is 803 Å². The lowest BCUT2D eigenvalue weighted by Crippen LogP contribution is -2.55. The molecule has 1 aliphatic rings. The van der Waals surface area contributed by atoms with Crippen LogP contribution in [-0.2, 0) is 64.1 Å². The minimum absolute atomic E-state index is 0.00804. The van der Waals surface area contributed by atoms with Crippen molar-refractivity contribution in [3.05, 3.63) is 52.1 Å². The Morgan fingerprint density at radius 3 is 1.31 bits per heavy atom. The Morgan fingerprint density at radius 2 is 0.914 bits per heavy atom. The number of nitrogens with one attached hydrogen (secondary N) is 7. The van der Waals surface area contributed by atoms with Gasteiger partial charge in [0.25, 0.3) is 11.5 Å². The van der Waals surface area contributed by atoms with Crippen molar-refractivity contribution in [3.8, 4) is 0 Å². The molecule has 0 aliphatic carbocycles. The molecule has 0 bridgehead atoms. The van der Waals surface area contributed by atoms with Crippen LogP contribution in [0.3, 0.4) is 0 Å². The van der Waals surface area contributed by atoms with Gasteiger partial charge in [0.1, 0.15) is 72.5 Å². The standard InChI is InChI=1S/C39H53N9O18.C29H50N4O16S/c1-2-41-35(62)21(30(58)32(60)26(54)15-50)10-24(52)23(11-27(55)56)46-36(63)20(29(57)31(59)25(53)14-49)9-19(51)7-8-22(38(65)66)45-34(61)16-3-5-17(6-4-16)42-12-18-13-43-33-28(44-18)37(64)48-39(40)47-33;1-2-32-3-5-33(6-4-32)10-14(36)7-15(23(42)25(44)20(38)11-34)27(46)30-17(9-22(40)41)19(37)8-16(24(43)26(45)21(39)12-35)28(47)31-18(13-50)29(48)49/h3-6,13,20-23,25-26,29-32,42,49-50,53-54,57-60H,2,7-12,14-15H2,1H3,(H,41,62)(H,45,61)(H,46,63)(H,55,56)(H,65,66)(H3,40,43,47,48,64);15-18,20-21,23-26,34-35,38-39,42-45,50H,2-13H2,1H3,(H,30,46)(H,31,47)(H,40,41)(H,48,49)/t20-,21-,22-,23-,25+,26+,29+,30+,31+,32+;15-,16-,17-,18?,20+,21+,23+,24+,25+,26+/m00/s1. The van der Waals surface area contributed by atoms with Gasteiger partial charge in [0, 0.05) is 81.8 Å². The number of aromatic nitrogens is 4. The Hall–Kier alpha value is -9.42. The number of carbonyl (C=O) groups excluding carboxylic acids is 9. The number of anilines is 2. The maximum absolute atomic E-state index is 13.6. The quantitative estimate of drug-likeness (QED) is 0.0233. The molecule has 3 heterocycles. The van der Waals surface area contributed by atoms with Crippen LogP contribution in [0.25, 0.3) is 11.2 Å². The monoisotopic (exact) mass is 1680 g/mol. The summed E-state index contributed by atoms with van der Waals surface area (Å²) in [6.45, 7) is 2.02. The van der Waals surface area contributed by atoms with Gasteiger partial charge in [0.15, 0.2) is 22.7 Å². The molecule has 1 fully saturated rings. The minimum Gasteiger partial charge on any atom is -0.481 e. The van der Waals surface area contributed by atoms with E-state index in [1.165, 1.54) is 37.4 Å². The summed E-state index contributed by atoms with van der Waals surface area (Å²) in [7, 11) is 0. The third kappa shape index (κ3) is 31.6. The number of carbonyl (C=O) groups is 13. The fraction of sp³-hybridized carbons (Fsp3) is 0.632. The number of nitrogens with two attached hydrogens (primary N) is 1. The van der Waals surface area contributed by atoms with Crippen LogP contribution in [-0.4, -0.2) is 384 Å². The number of Topliss-reactive ketones (excluding diaryl/α,β-unsaturated/α-hetero) is 4. The molecule has 0 radical (unpaired) electrons. The SMILES string of the molecule is CCN1CCN(CC(=O)C[C@H](C(=O)N[C@@H](CC(=O)O)C(=O)C[C@H](C(=O)NC(CS)C(=O)O)[C@@H](O)[C@H](O)[C@H](O)CO)[C@@H](O)[C@H](O)[C@H](O)CO)CC1.CCNC(=O)[C@@H](CC(=O)[C@H](CC(=O)O)NC(=O)[C@@H](CC(=O)CC[C@H](NC(=O)c1ccc(NCc2cnc3nc(N)[nH]c(=O)c3n2)cc1)C(=O)O)[C@@H](O)[C@H](O)[C@H](O)CO)[C@@H](O)[C@H](O)[C@H](O)CO. The molecule has 1 aliphatic heterocycles. The van der Waals surface area contributed by atoms with Gasteiger partial charge in [-0.3, -0.25) is 67.4 Å². The molecule has 0 spiro atoms. The van der Waals surface area contributed by atoms with E-state index >= 15 is 0 Å². The fourth-order valence-electron chi connectivity index (χ4n) is 11.6. The molecule has 0 saturated carbocycles. The van der Waals surface area contributed by atoms with Crippen molar-refractivity contribution in [2.24, 2.45) is 23.7 Å². The highest BCUT2D eigenvalue weighted by Crippen LogP contribution is 2.25. The van der Waals surface area contributed by atoms with Gasteiger partial charge in [-0.1, -0.05) is 6.92 Å². The number of carboxylic acid groups (broad SMARTS) is 4. The number of benzene rings is 1. The Labute approximate surface area is 664 Å². The number of aliphatic hydroxyl groups is 16. The maximum atomic E-state index is 13.6. The summed E-state index contributed by atoms with van der Waals surface area (Å²) in [5.74, 6) is -25.4. The second kappa shape index (κ2) is 49.6. The molecule has 1 aromatic carbocycles. The first kappa shape index (κ1) is 101. The normalized spacial score (nSPS) is 17.8. The van der Waals surface area contributed by atoms with E-state index in [9.17, 15) is 169 Å². The number of likely N-dealkylation sites (N-methyl/N-ethyl adjacent to an activating group) is 1. The summed E-state index contributed by atoms with van der Waals surface area (Å²) >= 11 is 3.80. The zero-order valence-electron chi connectivity index (χ0n) is 62.7. The van der Waals surface area contributed by atoms with Crippen LogP contribution < -0.4 is 43.2 Å². The number of rotatable bonds is 52. The predicted octanol–water partition coefficient (Wildman–Crippen LogP) is -12.3. The van der Waals surface area contributed by atoms with Crippen LogP contribution in [0.4, 0.5) is 11.6 Å². The molecular formula is C68H103N13O34S. The number of aromatic amines is 1. The zero-order chi connectivity index (χ0) is 87.7. The highest BCUT2D eigenvalue weighted by Gasteiger charge is 2.45. The number of thiol groups is 1. The number of aliphatic hydroxyl groups excluding tert-OH is 16. The number of nitrogen functional groups attached to an aromatic ring is 1. The summed E-state index contributed by atoms with van der Waals surface area (Å²) in [6.07, 6.45) is -32.6. The molecule has 116 heavy (non-hydrogen) atoms. The average molecular weight is 1680 g/mol. The van der Waals surface area contributed by atoms with Crippen molar-refractivity contribution in [2.45, 2.75) is 169 Å². The molecule has 48 heteroatoms. The predicted molar refractivity (Wildman–Crippen MR) is 396 cm³/mol. The fourth-order valence-corrected chi connectivity index (χ4v) is 11.9. The van der Waals surface area contributed by atoms with Gasteiger partial charge in [0.2, 0.25) is 29.6 Å². The molecule has 4 rings (SSSR count). The summed E-state index contributed by atoms with van der Waals surface area (Å²) in [6, 6.07) is -1.86. The van der Waals surface area contributed by atoms with E-state index in [-0.39, 0.29) is 42.3 Å². The van der Waals surface area contributed by atoms with Gasteiger partial charge in [-0.25, -0.2) is 19.6 Å². The van der Waals surface area contributed by atoms with Gasteiger partial charge < -0.3 is 145 Å². The van der Waals surface area contributed by atoms with Gasteiger partial charge in [-0.2, -0.15) is 17.6 Å². The van der Waals surface area contributed by atoms with Gasteiger partial charge in [0.05, 0.1) is 124 Å². The molecule has 47 nitrogen and oxygen atoms in total. The van der Waals surface area contributed by atoms with Crippen molar-refractivity contribution in [2.75, 3.05) is 89.0 Å². The molecule has 5 amide bonds. The lowest BCUT2D eigenvalue weighted by molar-refractivity contribution is -0.149. The highest BCUT2D eigenvalue weighted by molar-refractivity contribution is 7.80. The van der Waals surface area contributed by atoms with E-state index in [1.807, 2.05) is 17.6 Å². The van der Waals surface area contributed by atoms with E-state index in [2.05, 4.69) is 58.7 Å². The molecule has 29 N–H and O–H groups in total. The number of ketones is 4. The van der Waals surface area contributed by atoms with Crippen LogP contribution in [0, 0.1) is 23.7 Å². The summed E-state index contributed by atoms with van der Waals surface area (Å²) in [5, 5.41) is 213. The minimum atomic E-state index is -2.40. The largest absolute Gasteiger partial charge is 0.481 e. The molecule has 650 valence electrons. The first-order chi connectivity index (χ1) is 54.5. The second-order valence-electron chi connectivity index (χ2n) is 27.0. The van der Waals surface area contributed by atoms with Crippen molar-refractivity contribution < 1.29 is 164 Å². The number of carboxylic acids is 4. The number of fused-ring (bicyclic) bond motifs is 1. The number of piperazine rings is 1. The molecule has 20 atom stereocenters. The average Bonchev–Trinajstić information content (AvgIpc) is 0.809. The van der Waals surface area contributed by atoms with Gasteiger partial charge in [-0.05, 0) is 44.2 Å². The Morgan fingerprint density at radius 1 is 0.509 bits per heavy atom. The summed E-state index contributed by atoms with van der Waals surface area (Å²) in [4.78, 5) is 197. The van der Waals surface area contributed by atoms with Gasteiger partial charge in [-0.15, -0.1) is 0 Å². The molecule has 3 aromatic rings. The van der Waals surface area contributed by atoms with E-state index in [0.29, 0.717) is 37.6 Å². The van der Waals surface area contributed by atoms with E-state index in [4.69, 9.17) is 5.73 Å². The van der Waals surface area contributed by atoms with Crippen LogP contribution in [0.15, 0.2) is 35.3 Å². The summed E-state index contributed by atoms with van der Waals surface area (Å²) < 4.78 is 0. The molecule has 1 saturated heterocycles.